The van der Waals surface area contributed by atoms with Crippen molar-refractivity contribution in [2.45, 2.75) is 50.1 Å². The van der Waals surface area contributed by atoms with Crippen LogP contribution in [0.5, 0.6) is 0 Å². The Hall–Kier alpha value is -1.96. The van der Waals surface area contributed by atoms with Gasteiger partial charge in [-0.25, -0.2) is 23.2 Å². The number of hydrogen-bond acceptors (Lipinski definition) is 9. The molecular formula is C26H40ClN5O6S. The van der Waals surface area contributed by atoms with Crippen molar-refractivity contribution in [2.24, 2.45) is 0 Å². The summed E-state index contributed by atoms with van der Waals surface area (Å²) in [5.74, 6) is -0.188. The highest BCUT2D eigenvalue weighted by atomic mass is 35.5. The number of piperazine rings is 2. The smallest absolute Gasteiger partial charge is 0.409 e. The molecule has 0 aliphatic carbocycles. The van der Waals surface area contributed by atoms with Crippen LogP contribution in [0.2, 0.25) is 5.02 Å². The van der Waals surface area contributed by atoms with Gasteiger partial charge >= 0.3 is 12.1 Å². The largest absolute Gasteiger partial charge is 0.465 e. The molecule has 13 heteroatoms. The highest BCUT2D eigenvalue weighted by molar-refractivity contribution is 7.89. The van der Waals surface area contributed by atoms with Gasteiger partial charge in [0.25, 0.3) is 0 Å². The molecule has 3 aliphatic rings. The van der Waals surface area contributed by atoms with Crippen LogP contribution in [0.15, 0.2) is 29.2 Å². The number of nitrogens with zero attached hydrogens (tertiary/aromatic N) is 5. The number of carbonyl (C=O) groups excluding carboxylic acids is 2. The van der Waals surface area contributed by atoms with Gasteiger partial charge in [-0.05, 0) is 51.0 Å². The van der Waals surface area contributed by atoms with E-state index in [9.17, 15) is 18.0 Å². The summed E-state index contributed by atoms with van der Waals surface area (Å²) >= 11 is 5.95. The van der Waals surface area contributed by atoms with Gasteiger partial charge in [0.15, 0.2) is 0 Å². The molecule has 0 radical (unpaired) electrons. The maximum Gasteiger partial charge on any atom is 0.409 e. The van der Waals surface area contributed by atoms with E-state index in [0.717, 1.165) is 39.0 Å². The first-order valence-corrected chi connectivity index (χ1v) is 15.6. The zero-order chi connectivity index (χ0) is 28.0. The highest BCUT2D eigenvalue weighted by Crippen LogP contribution is 2.30. The van der Waals surface area contributed by atoms with Crippen molar-refractivity contribution in [3.8, 4) is 0 Å². The van der Waals surface area contributed by atoms with Crippen molar-refractivity contribution < 1.29 is 27.5 Å². The first-order chi connectivity index (χ1) is 18.7. The average molecular weight is 586 g/mol. The Morgan fingerprint density at radius 3 is 2.15 bits per heavy atom. The van der Waals surface area contributed by atoms with Crippen molar-refractivity contribution in [3.05, 3.63) is 29.3 Å². The Bertz CT molecular complexity index is 1070. The molecule has 39 heavy (non-hydrogen) atoms. The van der Waals surface area contributed by atoms with Gasteiger partial charge in [0.2, 0.25) is 10.0 Å². The first kappa shape index (κ1) is 30.0. The molecular weight excluding hydrogens is 546 g/mol. The second-order valence-electron chi connectivity index (χ2n) is 10.3. The second kappa shape index (κ2) is 13.6. The van der Waals surface area contributed by atoms with Crippen LogP contribution in [-0.4, -0.2) is 129 Å². The third-order valence-corrected chi connectivity index (χ3v) is 10.00. The standard InChI is InChI=1S/C26H40ClN5O6S/c1-3-37-25(33)19-28-11-15-30(16-12-28)31-17-13-29(14-18-31)26(34)38-20-23-6-4-5-21(2)32(23)39(35,36)24-9-7-22(27)8-10-24/h7-10,21,23H,3-6,11-20H2,1-2H3/t21-,23-/m1/s1. The molecule has 1 aromatic rings. The maximum absolute atomic E-state index is 13.5. The van der Waals surface area contributed by atoms with Crippen LogP contribution in [0, 0.1) is 0 Å². The molecule has 3 fully saturated rings. The molecule has 1 amide bonds. The first-order valence-electron chi connectivity index (χ1n) is 13.8. The summed E-state index contributed by atoms with van der Waals surface area (Å²) in [7, 11) is -3.75. The lowest BCUT2D eigenvalue weighted by Crippen LogP contribution is -2.60. The summed E-state index contributed by atoms with van der Waals surface area (Å²) in [6.45, 7) is 10.1. The molecule has 0 aromatic heterocycles. The van der Waals surface area contributed by atoms with Gasteiger partial charge in [0.05, 0.1) is 24.1 Å². The Kier molecular flexibility index (Phi) is 10.5. The number of carbonyl (C=O) groups is 2. The van der Waals surface area contributed by atoms with E-state index in [0.29, 0.717) is 50.8 Å². The van der Waals surface area contributed by atoms with Gasteiger partial charge in [-0.3, -0.25) is 9.69 Å². The summed E-state index contributed by atoms with van der Waals surface area (Å²) in [6.07, 6.45) is 1.87. The fourth-order valence-electron chi connectivity index (χ4n) is 5.57. The van der Waals surface area contributed by atoms with Crippen LogP contribution < -0.4 is 0 Å². The minimum absolute atomic E-state index is 0.0264. The van der Waals surface area contributed by atoms with E-state index in [4.69, 9.17) is 21.1 Å². The number of piperidine rings is 1. The van der Waals surface area contributed by atoms with E-state index in [2.05, 4.69) is 14.9 Å². The summed E-state index contributed by atoms with van der Waals surface area (Å²) < 4.78 is 39.1. The lowest BCUT2D eigenvalue weighted by Gasteiger charge is -2.44. The molecule has 0 saturated carbocycles. The molecule has 3 heterocycles. The second-order valence-corrected chi connectivity index (χ2v) is 12.6. The van der Waals surface area contributed by atoms with Crippen molar-refractivity contribution in [1.29, 1.82) is 0 Å². The van der Waals surface area contributed by atoms with Crippen LogP contribution in [0.1, 0.15) is 33.1 Å². The Balaban J connectivity index is 1.25. The van der Waals surface area contributed by atoms with Gasteiger partial charge < -0.3 is 14.4 Å². The average Bonchev–Trinajstić information content (AvgIpc) is 2.92. The minimum Gasteiger partial charge on any atom is -0.465 e. The highest BCUT2D eigenvalue weighted by Gasteiger charge is 2.39. The van der Waals surface area contributed by atoms with E-state index < -0.39 is 22.2 Å². The van der Waals surface area contributed by atoms with Gasteiger partial charge in [0, 0.05) is 63.4 Å². The molecule has 2 atom stereocenters. The van der Waals surface area contributed by atoms with Gasteiger partial charge in [-0.15, -0.1) is 0 Å². The van der Waals surface area contributed by atoms with Crippen molar-refractivity contribution in [2.75, 3.05) is 72.1 Å². The number of hydrazine groups is 1. The van der Waals surface area contributed by atoms with Crippen LogP contribution in [0.25, 0.3) is 0 Å². The number of esters is 1. The fraction of sp³-hybridized carbons (Fsp3) is 0.692. The van der Waals surface area contributed by atoms with Crippen molar-refractivity contribution in [3.63, 3.8) is 0 Å². The van der Waals surface area contributed by atoms with Crippen molar-refractivity contribution >= 4 is 33.7 Å². The number of benzene rings is 1. The van der Waals surface area contributed by atoms with E-state index in [1.165, 1.54) is 16.4 Å². The predicted octanol–water partition coefficient (Wildman–Crippen LogP) is 2.12. The molecule has 1 aromatic carbocycles. The van der Waals surface area contributed by atoms with Crippen LogP contribution >= 0.6 is 11.6 Å². The zero-order valence-electron chi connectivity index (χ0n) is 22.8. The molecule has 0 spiro atoms. The summed E-state index contributed by atoms with van der Waals surface area (Å²) in [6, 6.07) is 5.57. The van der Waals surface area contributed by atoms with Crippen LogP contribution in [0.4, 0.5) is 4.79 Å². The molecule has 4 rings (SSSR count). The number of sulfonamides is 1. The Labute approximate surface area is 236 Å². The minimum atomic E-state index is -3.75. The zero-order valence-corrected chi connectivity index (χ0v) is 24.4. The normalized spacial score (nSPS) is 24.4. The van der Waals surface area contributed by atoms with E-state index >= 15 is 0 Å². The lowest BCUT2D eigenvalue weighted by molar-refractivity contribution is -0.146. The summed E-state index contributed by atoms with van der Waals surface area (Å²) in [5.41, 5.74) is 0. The summed E-state index contributed by atoms with van der Waals surface area (Å²) in [5, 5.41) is 5.02. The quantitative estimate of drug-likeness (QED) is 0.424. The van der Waals surface area contributed by atoms with Crippen LogP contribution in [-0.2, 0) is 24.3 Å². The van der Waals surface area contributed by atoms with E-state index in [1.807, 2.05) is 13.8 Å². The SMILES string of the molecule is CCOC(=O)CN1CCN(N2CCN(C(=O)OC[C@H]3CCC[C@@H](C)N3S(=O)(=O)c3ccc(Cl)cc3)CC2)CC1. The van der Waals surface area contributed by atoms with Crippen molar-refractivity contribution in [1.82, 2.24) is 24.1 Å². The van der Waals surface area contributed by atoms with E-state index in [-0.39, 0.29) is 23.5 Å². The molecule has 218 valence electrons. The Morgan fingerprint density at radius 2 is 1.54 bits per heavy atom. The van der Waals surface area contributed by atoms with Gasteiger partial charge in [0.1, 0.15) is 6.61 Å². The fourth-order valence-corrected chi connectivity index (χ4v) is 7.56. The molecule has 11 nitrogen and oxygen atoms in total. The molecule has 3 saturated heterocycles. The van der Waals surface area contributed by atoms with Gasteiger partial charge in [-0.1, -0.05) is 18.0 Å². The maximum atomic E-state index is 13.5. The molecule has 0 unspecified atom stereocenters. The summed E-state index contributed by atoms with van der Waals surface area (Å²) in [4.78, 5) is 28.6. The predicted molar refractivity (Wildman–Crippen MR) is 147 cm³/mol. The van der Waals surface area contributed by atoms with Crippen LogP contribution in [0.3, 0.4) is 0 Å². The molecule has 3 aliphatic heterocycles. The Morgan fingerprint density at radius 1 is 0.923 bits per heavy atom. The number of hydrogen-bond donors (Lipinski definition) is 0. The third-order valence-electron chi connectivity index (χ3n) is 7.66. The van der Waals surface area contributed by atoms with Gasteiger partial charge in [-0.2, -0.15) is 4.31 Å². The monoisotopic (exact) mass is 585 g/mol. The number of rotatable bonds is 8. The topological polar surface area (TPSA) is 103 Å². The molecule has 0 N–H and O–H groups in total. The number of ether oxygens (including phenoxy) is 2. The molecule has 0 bridgehead atoms. The van der Waals surface area contributed by atoms with E-state index in [1.54, 1.807) is 17.0 Å². The number of amides is 1. The third kappa shape index (κ3) is 7.62. The number of halogens is 1. The lowest BCUT2D eigenvalue weighted by atomic mass is 10.0.